The third-order valence-corrected chi connectivity index (χ3v) is 6.43. The minimum Gasteiger partial charge on any atom is -0.486 e. The second-order valence-electron chi connectivity index (χ2n) is 7.50. The molecule has 2 N–H and O–H groups in total. The summed E-state index contributed by atoms with van der Waals surface area (Å²) in [6.07, 6.45) is 0. The molecule has 3 aromatic rings. The normalized spacial score (nSPS) is 13.1. The fourth-order valence-corrected chi connectivity index (χ4v) is 3.79. The van der Waals surface area contributed by atoms with E-state index >= 15 is 0 Å². The third-order valence-electron chi connectivity index (χ3n) is 4.99. The van der Waals surface area contributed by atoms with Crippen LogP contribution in [0.5, 0.6) is 11.5 Å². The van der Waals surface area contributed by atoms with Crippen LogP contribution >= 0.6 is 0 Å². The van der Waals surface area contributed by atoms with Crippen molar-refractivity contribution in [2.45, 2.75) is 13.5 Å². The SMILES string of the molecule is Cc1oc(-c2ccccc2NS(=O)(=O)N(C)C)nc1CNC(=O)c1ccc2c(c1)OCCO2. The predicted octanol–water partition coefficient (Wildman–Crippen LogP) is 2.57. The van der Waals surface area contributed by atoms with E-state index in [4.69, 9.17) is 13.9 Å². The molecule has 2 heterocycles. The maximum Gasteiger partial charge on any atom is 0.301 e. The number of benzene rings is 2. The van der Waals surface area contributed by atoms with Gasteiger partial charge in [-0.2, -0.15) is 12.7 Å². The Morgan fingerprint density at radius 2 is 1.82 bits per heavy atom. The average Bonchev–Trinajstić information content (AvgIpc) is 3.17. The van der Waals surface area contributed by atoms with Gasteiger partial charge >= 0.3 is 10.2 Å². The first-order chi connectivity index (χ1) is 15.7. The van der Waals surface area contributed by atoms with Crippen molar-refractivity contribution in [3.8, 4) is 23.0 Å². The van der Waals surface area contributed by atoms with Crippen LogP contribution in [-0.4, -0.2) is 50.9 Å². The van der Waals surface area contributed by atoms with Crippen molar-refractivity contribution in [2.24, 2.45) is 0 Å². The number of nitrogens with zero attached hydrogens (tertiary/aromatic N) is 2. The minimum absolute atomic E-state index is 0.133. The van der Waals surface area contributed by atoms with E-state index in [1.165, 1.54) is 14.1 Å². The number of aromatic nitrogens is 1. The Kier molecular flexibility index (Phi) is 6.25. The number of anilines is 1. The number of amides is 1. The Morgan fingerprint density at radius 3 is 2.58 bits per heavy atom. The standard InChI is InChI=1S/C22H24N4O6S/c1-14-18(13-23-21(27)15-8-9-19-20(12-15)31-11-10-30-19)24-22(32-14)16-6-4-5-7-17(16)25-33(28,29)26(2)3/h4-9,12,25H,10-11,13H2,1-3H3,(H,23,27). The van der Waals surface area contributed by atoms with Gasteiger partial charge in [-0.25, -0.2) is 4.98 Å². The molecule has 1 aromatic heterocycles. The topological polar surface area (TPSA) is 123 Å². The highest BCUT2D eigenvalue weighted by Crippen LogP contribution is 2.31. The minimum atomic E-state index is -3.71. The second kappa shape index (κ2) is 9.12. The van der Waals surface area contributed by atoms with Crippen molar-refractivity contribution < 1.29 is 27.1 Å². The van der Waals surface area contributed by atoms with Crippen LogP contribution in [0.4, 0.5) is 5.69 Å². The summed E-state index contributed by atoms with van der Waals surface area (Å²) in [4.78, 5) is 17.1. The summed E-state index contributed by atoms with van der Waals surface area (Å²) < 4.78 is 44.9. The zero-order valence-electron chi connectivity index (χ0n) is 18.4. The maximum absolute atomic E-state index is 12.6. The summed E-state index contributed by atoms with van der Waals surface area (Å²) in [6.45, 7) is 2.78. The van der Waals surface area contributed by atoms with Crippen LogP contribution in [0.2, 0.25) is 0 Å². The quantitative estimate of drug-likeness (QED) is 0.542. The number of aryl methyl sites for hydroxylation is 1. The Bertz CT molecular complexity index is 1290. The number of ether oxygens (including phenoxy) is 2. The van der Waals surface area contributed by atoms with Crippen LogP contribution in [0.15, 0.2) is 46.9 Å². The molecule has 0 radical (unpaired) electrons. The number of carbonyl (C=O) groups is 1. The van der Waals surface area contributed by atoms with Crippen LogP contribution in [0.25, 0.3) is 11.5 Å². The molecule has 0 fully saturated rings. The Morgan fingerprint density at radius 1 is 1.09 bits per heavy atom. The molecule has 0 bridgehead atoms. The van der Waals surface area contributed by atoms with Crippen molar-refractivity contribution in [3.05, 3.63) is 59.5 Å². The number of carbonyl (C=O) groups excluding carboxylic acids is 1. The van der Waals surface area contributed by atoms with E-state index in [-0.39, 0.29) is 18.3 Å². The van der Waals surface area contributed by atoms with E-state index in [0.29, 0.717) is 53.0 Å². The van der Waals surface area contributed by atoms with E-state index < -0.39 is 10.2 Å². The van der Waals surface area contributed by atoms with E-state index in [2.05, 4.69) is 15.0 Å². The molecule has 0 aliphatic carbocycles. The molecule has 11 heteroatoms. The molecule has 10 nitrogen and oxygen atoms in total. The molecule has 1 aliphatic heterocycles. The predicted molar refractivity (Wildman–Crippen MR) is 122 cm³/mol. The smallest absolute Gasteiger partial charge is 0.301 e. The summed E-state index contributed by atoms with van der Waals surface area (Å²) >= 11 is 0. The van der Waals surface area contributed by atoms with Gasteiger partial charge in [0.2, 0.25) is 5.89 Å². The van der Waals surface area contributed by atoms with Crippen molar-refractivity contribution in [1.29, 1.82) is 0 Å². The van der Waals surface area contributed by atoms with Gasteiger partial charge in [0.05, 0.1) is 17.8 Å². The Balaban J connectivity index is 1.50. The number of para-hydroxylation sites is 1. The summed E-state index contributed by atoms with van der Waals surface area (Å²) in [5, 5.41) is 2.82. The lowest BCUT2D eigenvalue weighted by atomic mass is 10.1. The number of hydrogen-bond acceptors (Lipinski definition) is 7. The van der Waals surface area contributed by atoms with Gasteiger partial charge in [0.1, 0.15) is 24.7 Å². The first-order valence-electron chi connectivity index (χ1n) is 10.2. The lowest BCUT2D eigenvalue weighted by Gasteiger charge is -2.18. The van der Waals surface area contributed by atoms with Gasteiger partial charge in [-0.3, -0.25) is 9.52 Å². The van der Waals surface area contributed by atoms with Gasteiger partial charge in [0.15, 0.2) is 11.5 Å². The highest BCUT2D eigenvalue weighted by atomic mass is 32.2. The zero-order valence-corrected chi connectivity index (χ0v) is 19.2. The van der Waals surface area contributed by atoms with E-state index in [1.807, 2.05) is 0 Å². The Hall–Kier alpha value is -3.57. The molecule has 174 valence electrons. The largest absolute Gasteiger partial charge is 0.486 e. The van der Waals surface area contributed by atoms with Gasteiger partial charge in [0.25, 0.3) is 5.91 Å². The molecule has 4 rings (SSSR count). The monoisotopic (exact) mass is 472 g/mol. The first-order valence-corrected chi connectivity index (χ1v) is 11.6. The number of rotatable bonds is 7. The zero-order chi connectivity index (χ0) is 23.6. The molecule has 0 saturated heterocycles. The van der Waals surface area contributed by atoms with E-state index in [9.17, 15) is 13.2 Å². The van der Waals surface area contributed by atoms with Crippen LogP contribution in [-0.2, 0) is 16.8 Å². The highest BCUT2D eigenvalue weighted by Gasteiger charge is 2.20. The summed E-state index contributed by atoms with van der Waals surface area (Å²) in [7, 11) is -0.840. The molecule has 1 amide bonds. The van der Waals surface area contributed by atoms with Gasteiger partial charge in [-0.05, 0) is 37.3 Å². The summed E-state index contributed by atoms with van der Waals surface area (Å²) in [6, 6.07) is 11.8. The van der Waals surface area contributed by atoms with Crippen LogP contribution in [0, 0.1) is 6.92 Å². The molecular weight excluding hydrogens is 448 g/mol. The summed E-state index contributed by atoms with van der Waals surface area (Å²) in [5.74, 6) is 1.60. The molecule has 0 atom stereocenters. The van der Waals surface area contributed by atoms with Gasteiger partial charge in [0, 0.05) is 19.7 Å². The molecule has 0 saturated carbocycles. The van der Waals surface area contributed by atoms with Gasteiger partial charge < -0.3 is 19.2 Å². The highest BCUT2D eigenvalue weighted by molar-refractivity contribution is 7.90. The van der Waals surface area contributed by atoms with Crippen molar-refractivity contribution in [3.63, 3.8) is 0 Å². The van der Waals surface area contributed by atoms with Crippen LogP contribution in [0.1, 0.15) is 21.8 Å². The first kappa shape index (κ1) is 22.6. The third kappa shape index (κ3) is 4.94. The van der Waals surface area contributed by atoms with Crippen LogP contribution < -0.4 is 19.5 Å². The van der Waals surface area contributed by atoms with Gasteiger partial charge in [-0.15, -0.1) is 0 Å². The maximum atomic E-state index is 12.6. The molecule has 0 unspecified atom stereocenters. The molecule has 0 spiro atoms. The number of fused-ring (bicyclic) bond motifs is 1. The Labute approximate surface area is 191 Å². The second-order valence-corrected chi connectivity index (χ2v) is 9.38. The fourth-order valence-electron chi connectivity index (χ4n) is 3.15. The van der Waals surface area contributed by atoms with Crippen LogP contribution in [0.3, 0.4) is 0 Å². The lowest BCUT2D eigenvalue weighted by molar-refractivity contribution is 0.0949. The van der Waals surface area contributed by atoms with Gasteiger partial charge in [-0.1, -0.05) is 12.1 Å². The molecule has 33 heavy (non-hydrogen) atoms. The number of hydrogen-bond donors (Lipinski definition) is 2. The van der Waals surface area contributed by atoms with E-state index in [1.54, 1.807) is 49.4 Å². The molecule has 2 aromatic carbocycles. The number of oxazole rings is 1. The fraction of sp³-hybridized carbons (Fsp3) is 0.273. The lowest BCUT2D eigenvalue weighted by Crippen LogP contribution is -2.29. The van der Waals surface area contributed by atoms with Crippen molar-refractivity contribution >= 4 is 21.8 Å². The average molecular weight is 473 g/mol. The summed E-state index contributed by atoms with van der Waals surface area (Å²) in [5.41, 5.74) is 1.78. The van der Waals surface area contributed by atoms with E-state index in [0.717, 1.165) is 4.31 Å². The number of nitrogens with one attached hydrogen (secondary N) is 2. The van der Waals surface area contributed by atoms with Crippen molar-refractivity contribution in [2.75, 3.05) is 32.0 Å². The van der Waals surface area contributed by atoms with Crippen molar-refractivity contribution in [1.82, 2.24) is 14.6 Å². The molecular formula is C22H24N4O6S. The molecule has 1 aliphatic rings.